The molecule has 0 bridgehead atoms. The Labute approximate surface area is 295 Å². The van der Waals surface area contributed by atoms with Crippen LogP contribution in [-0.4, -0.2) is 60.2 Å². The Kier molecular flexibility index (Phi) is 8.67. The van der Waals surface area contributed by atoms with Crippen LogP contribution < -0.4 is 9.62 Å². The van der Waals surface area contributed by atoms with Gasteiger partial charge in [-0.1, -0.05) is 18.7 Å². The number of anilines is 1. The summed E-state index contributed by atoms with van der Waals surface area (Å²) in [7, 11) is -4.35. The highest BCUT2D eigenvalue weighted by molar-refractivity contribution is 7.93. The van der Waals surface area contributed by atoms with Crippen LogP contribution in [0.5, 0.6) is 0 Å². The SMILES string of the molecule is C=C(c1cccc(S(=O)(=O)N2c3ccc(C(=O)NCc4ncc(C(F)(F)F)cc4F)cc3C3(CCC(O)(C(F)(F)F)CC3)C2C2CC2)c1)N1CCC1. The minimum absolute atomic E-state index is 0.0243. The predicted octanol–water partition coefficient (Wildman–Crippen LogP) is 6.94. The molecule has 1 saturated heterocycles. The number of sulfonamides is 1. The number of nitrogens with zero attached hydrogens (tertiary/aromatic N) is 3. The van der Waals surface area contributed by atoms with Crippen LogP contribution in [0.4, 0.5) is 36.4 Å². The fourth-order valence-electron chi connectivity index (χ4n) is 7.83. The highest BCUT2D eigenvalue weighted by atomic mass is 32.2. The van der Waals surface area contributed by atoms with Crippen molar-refractivity contribution in [3.8, 4) is 0 Å². The molecule has 278 valence electrons. The minimum Gasteiger partial charge on any atom is -0.380 e. The van der Waals surface area contributed by atoms with Gasteiger partial charge in [0.2, 0.25) is 0 Å². The number of nitrogens with one attached hydrogen (secondary N) is 1. The van der Waals surface area contributed by atoms with E-state index in [2.05, 4.69) is 16.9 Å². The van der Waals surface area contributed by atoms with Crippen LogP contribution in [-0.2, 0) is 28.2 Å². The van der Waals surface area contributed by atoms with Crippen molar-refractivity contribution >= 4 is 27.3 Å². The molecular weight excluding hydrogens is 717 g/mol. The molecule has 3 fully saturated rings. The normalized spacial score (nSPS) is 24.8. The van der Waals surface area contributed by atoms with E-state index >= 15 is 0 Å². The first kappa shape index (κ1) is 36.2. The Balaban J connectivity index is 1.26. The molecule has 2 saturated carbocycles. The van der Waals surface area contributed by atoms with Crippen LogP contribution in [0.25, 0.3) is 5.70 Å². The van der Waals surface area contributed by atoms with Crippen molar-refractivity contribution in [2.45, 2.75) is 85.8 Å². The van der Waals surface area contributed by atoms with Crippen LogP contribution in [0.1, 0.15) is 77.7 Å². The minimum atomic E-state index is -4.92. The number of pyridine rings is 1. The van der Waals surface area contributed by atoms with Gasteiger partial charge in [0.05, 0.1) is 34.4 Å². The van der Waals surface area contributed by atoms with Crippen molar-refractivity contribution < 1.29 is 49.1 Å². The molecule has 2 aromatic carbocycles. The first-order valence-electron chi connectivity index (χ1n) is 16.9. The lowest BCUT2D eigenvalue weighted by molar-refractivity contribution is -0.273. The second-order valence-corrected chi connectivity index (χ2v) is 16.0. The summed E-state index contributed by atoms with van der Waals surface area (Å²) in [5.41, 5.74) is -4.14. The predicted molar refractivity (Wildman–Crippen MR) is 176 cm³/mol. The first-order valence-corrected chi connectivity index (χ1v) is 18.3. The maximum atomic E-state index is 14.7. The Morgan fingerprint density at radius 3 is 2.25 bits per heavy atom. The van der Waals surface area contributed by atoms with E-state index in [0.717, 1.165) is 19.5 Å². The summed E-state index contributed by atoms with van der Waals surface area (Å²) in [4.78, 5) is 18.9. The third-order valence-corrected chi connectivity index (χ3v) is 12.8. The summed E-state index contributed by atoms with van der Waals surface area (Å²) in [6, 6.07) is 10.0. The molecule has 16 heteroatoms. The molecular formula is C36H35F7N4O4S. The summed E-state index contributed by atoms with van der Waals surface area (Å²) < 4.78 is 126. The van der Waals surface area contributed by atoms with Gasteiger partial charge in [0, 0.05) is 36.0 Å². The summed E-state index contributed by atoms with van der Waals surface area (Å²) in [5, 5.41) is 13.1. The Morgan fingerprint density at radius 2 is 1.67 bits per heavy atom. The molecule has 2 aliphatic carbocycles. The van der Waals surface area contributed by atoms with Gasteiger partial charge in [-0.25, -0.2) is 12.8 Å². The molecule has 1 amide bonds. The topological polar surface area (TPSA) is 103 Å². The van der Waals surface area contributed by atoms with Crippen molar-refractivity contribution in [2.75, 3.05) is 17.4 Å². The average Bonchev–Trinajstić information content (AvgIpc) is 3.86. The van der Waals surface area contributed by atoms with E-state index in [0.29, 0.717) is 35.9 Å². The molecule has 1 unspecified atom stereocenters. The number of benzene rings is 2. The van der Waals surface area contributed by atoms with Gasteiger partial charge in [-0.15, -0.1) is 0 Å². The van der Waals surface area contributed by atoms with Gasteiger partial charge in [-0.3, -0.25) is 14.1 Å². The van der Waals surface area contributed by atoms with Gasteiger partial charge < -0.3 is 15.3 Å². The van der Waals surface area contributed by atoms with Crippen molar-refractivity contribution in [3.05, 3.63) is 95.1 Å². The Bertz CT molecular complexity index is 2040. The number of hydrogen-bond acceptors (Lipinski definition) is 6. The number of carbonyl (C=O) groups is 1. The van der Waals surface area contributed by atoms with Gasteiger partial charge in [0.25, 0.3) is 15.9 Å². The summed E-state index contributed by atoms with van der Waals surface area (Å²) in [6.45, 7) is 5.13. The standard InChI is InChI=1S/C36H35F7N4O4S/c1-21(46-14-3-15-46)23-4-2-5-26(16-23)52(50,51)47-30-9-8-24(32(48)45-20-29-28(37)18-25(19-44-29)35(38,39)40)17-27(30)33(31(47)22-6-7-22)10-12-34(49,13-11-33)36(41,42)43/h2,4-5,8-9,16-19,22,31,49H,1,3,6-7,10-15,20H2,(H,45,48). The number of rotatable bonds is 8. The fourth-order valence-corrected chi connectivity index (χ4v) is 9.67. The molecule has 7 rings (SSSR count). The molecule has 3 heterocycles. The maximum Gasteiger partial charge on any atom is 0.417 e. The van der Waals surface area contributed by atoms with E-state index in [-0.39, 0.29) is 41.0 Å². The van der Waals surface area contributed by atoms with Crippen molar-refractivity contribution in [3.63, 3.8) is 0 Å². The fraction of sp³-hybridized carbons (Fsp3) is 0.444. The number of likely N-dealkylation sites (tertiary alicyclic amines) is 1. The number of carbonyl (C=O) groups excluding carboxylic acids is 1. The van der Waals surface area contributed by atoms with E-state index in [1.807, 2.05) is 4.90 Å². The molecule has 3 aromatic rings. The summed E-state index contributed by atoms with van der Waals surface area (Å²) >= 11 is 0. The smallest absolute Gasteiger partial charge is 0.380 e. The molecule has 1 aromatic heterocycles. The van der Waals surface area contributed by atoms with E-state index < -0.39 is 81.8 Å². The number of alkyl halides is 6. The largest absolute Gasteiger partial charge is 0.417 e. The van der Waals surface area contributed by atoms with Crippen molar-refractivity contribution in [1.82, 2.24) is 15.2 Å². The lowest BCUT2D eigenvalue weighted by Gasteiger charge is -2.47. The van der Waals surface area contributed by atoms with Gasteiger partial charge in [-0.2, -0.15) is 26.3 Å². The van der Waals surface area contributed by atoms with Crippen molar-refractivity contribution in [2.24, 2.45) is 5.92 Å². The molecule has 2 N–H and O–H groups in total. The quantitative estimate of drug-likeness (QED) is 0.242. The number of hydrogen-bond donors (Lipinski definition) is 2. The first-order chi connectivity index (χ1) is 24.4. The van der Waals surface area contributed by atoms with Crippen molar-refractivity contribution in [1.29, 1.82) is 0 Å². The highest BCUT2D eigenvalue weighted by Gasteiger charge is 2.65. The van der Waals surface area contributed by atoms with Crippen LogP contribution in [0.3, 0.4) is 0 Å². The average molecular weight is 753 g/mol. The molecule has 2 aliphatic heterocycles. The lowest BCUT2D eigenvalue weighted by Crippen LogP contribution is -2.56. The van der Waals surface area contributed by atoms with Crippen LogP contribution in [0.2, 0.25) is 0 Å². The summed E-state index contributed by atoms with van der Waals surface area (Å²) in [6.07, 6.45) is -8.88. The van der Waals surface area contributed by atoms with Gasteiger partial charge in [0.15, 0.2) is 5.60 Å². The number of amides is 1. The maximum absolute atomic E-state index is 14.7. The third kappa shape index (κ3) is 6.10. The van der Waals surface area contributed by atoms with E-state index in [9.17, 15) is 49.1 Å². The van der Waals surface area contributed by atoms with E-state index in [4.69, 9.17) is 0 Å². The molecule has 0 radical (unpaired) electrons. The molecule has 8 nitrogen and oxygen atoms in total. The number of aromatic nitrogens is 1. The number of aliphatic hydroxyl groups is 1. The number of halogens is 7. The molecule has 1 spiro atoms. The van der Waals surface area contributed by atoms with Crippen LogP contribution in [0.15, 0.2) is 66.2 Å². The Morgan fingerprint density at radius 1 is 0.981 bits per heavy atom. The third-order valence-electron chi connectivity index (χ3n) is 11.0. The molecule has 1 atom stereocenters. The second kappa shape index (κ2) is 12.5. The van der Waals surface area contributed by atoms with Gasteiger partial charge in [-0.05, 0) is 98.4 Å². The zero-order chi connectivity index (χ0) is 37.4. The van der Waals surface area contributed by atoms with E-state index in [1.54, 1.807) is 12.1 Å². The van der Waals surface area contributed by atoms with E-state index in [1.165, 1.54) is 34.6 Å². The molecule has 52 heavy (non-hydrogen) atoms. The number of fused-ring (bicyclic) bond motifs is 2. The lowest BCUT2D eigenvalue weighted by atomic mass is 9.61. The molecule has 4 aliphatic rings. The monoisotopic (exact) mass is 752 g/mol. The highest BCUT2D eigenvalue weighted by Crippen LogP contribution is 2.62. The van der Waals surface area contributed by atoms with Crippen LogP contribution >= 0.6 is 0 Å². The zero-order valence-electron chi connectivity index (χ0n) is 27.7. The van der Waals surface area contributed by atoms with Gasteiger partial charge >= 0.3 is 12.4 Å². The van der Waals surface area contributed by atoms with Crippen LogP contribution in [0, 0.1) is 11.7 Å². The summed E-state index contributed by atoms with van der Waals surface area (Å²) in [5.74, 6) is -2.28. The zero-order valence-corrected chi connectivity index (χ0v) is 28.5. The second-order valence-electron chi connectivity index (χ2n) is 14.1. The Hall–Kier alpha value is -4.18. The van der Waals surface area contributed by atoms with Gasteiger partial charge in [0.1, 0.15) is 5.82 Å².